The van der Waals surface area contributed by atoms with E-state index < -0.39 is 5.97 Å². The Morgan fingerprint density at radius 2 is 1.90 bits per heavy atom. The molecule has 2 unspecified atom stereocenters. The monoisotopic (exact) mass is 408 g/mol. The smallest absolute Gasteiger partial charge is 0.400 e. The van der Waals surface area contributed by atoms with E-state index in [-0.39, 0.29) is 12.0 Å². The molecule has 1 aromatic heterocycles. The highest BCUT2D eigenvalue weighted by atomic mass is 16.6. The van der Waals surface area contributed by atoms with Crippen LogP contribution in [0.3, 0.4) is 0 Å². The van der Waals surface area contributed by atoms with Crippen LogP contribution < -0.4 is 9.47 Å². The first-order chi connectivity index (χ1) is 14.7. The second kappa shape index (κ2) is 7.99. The molecular weight excluding hydrogens is 384 g/mol. The Balaban J connectivity index is 1.11. The van der Waals surface area contributed by atoms with Crippen LogP contribution in [0.15, 0.2) is 52.9 Å². The minimum Gasteiger partial charge on any atom is -0.492 e. The van der Waals surface area contributed by atoms with Crippen LogP contribution in [0.2, 0.25) is 0 Å². The molecule has 0 spiro atoms. The Bertz CT molecular complexity index is 995. The van der Waals surface area contributed by atoms with Crippen molar-refractivity contribution >= 4 is 17.1 Å². The van der Waals surface area contributed by atoms with Crippen LogP contribution in [0.4, 0.5) is 0 Å². The van der Waals surface area contributed by atoms with Gasteiger partial charge in [-0.3, -0.25) is 9.69 Å². The van der Waals surface area contributed by atoms with Gasteiger partial charge >= 0.3 is 12.0 Å². The second-order valence-corrected chi connectivity index (χ2v) is 8.04. The van der Waals surface area contributed by atoms with Gasteiger partial charge in [0.05, 0.1) is 5.92 Å². The number of fused-ring (bicyclic) bond motifs is 1. The van der Waals surface area contributed by atoms with Crippen molar-refractivity contribution in [3.8, 4) is 17.6 Å². The van der Waals surface area contributed by atoms with E-state index in [1.807, 2.05) is 48.5 Å². The van der Waals surface area contributed by atoms with E-state index in [2.05, 4.69) is 9.88 Å². The summed E-state index contributed by atoms with van der Waals surface area (Å²) >= 11 is 0. The minimum atomic E-state index is -0.660. The summed E-state index contributed by atoms with van der Waals surface area (Å²) < 4.78 is 17.2. The first kappa shape index (κ1) is 18.9. The number of aliphatic carboxylic acids is 1. The van der Waals surface area contributed by atoms with E-state index in [0.29, 0.717) is 29.9 Å². The normalized spacial score (nSPS) is 20.4. The number of aromatic nitrogens is 1. The lowest BCUT2D eigenvalue weighted by Gasteiger charge is -2.22. The molecule has 1 N–H and O–H groups in total. The second-order valence-electron chi connectivity index (χ2n) is 8.04. The van der Waals surface area contributed by atoms with Gasteiger partial charge in [-0.15, -0.1) is 0 Å². The number of carbonyl (C=O) groups is 1. The van der Waals surface area contributed by atoms with Crippen molar-refractivity contribution in [1.82, 2.24) is 9.88 Å². The summed E-state index contributed by atoms with van der Waals surface area (Å²) in [5.74, 6) is 0.881. The number of para-hydroxylation sites is 2. The van der Waals surface area contributed by atoms with Crippen molar-refractivity contribution in [2.45, 2.75) is 25.3 Å². The SMILES string of the molecule is O=C(O)C1CC1CN(CCOc1ccc(Oc2nc3ccccc3o2)cc1)C1CC1. The summed E-state index contributed by atoms with van der Waals surface area (Å²) in [6.07, 6.45) is 3.42. The average molecular weight is 408 g/mol. The zero-order valence-electron chi connectivity index (χ0n) is 16.6. The van der Waals surface area contributed by atoms with E-state index in [1.165, 1.54) is 12.8 Å². The van der Waals surface area contributed by atoms with Crippen molar-refractivity contribution < 1.29 is 23.8 Å². The van der Waals surface area contributed by atoms with Crippen LogP contribution in [0.1, 0.15) is 19.3 Å². The standard InChI is InChI=1S/C23H24N2O5/c26-22(27)19-13-15(19)14-25(16-5-6-16)11-12-28-17-7-9-18(10-8-17)29-23-24-20-3-1-2-4-21(20)30-23/h1-4,7-10,15-16,19H,5-6,11-14H2,(H,26,27). The lowest BCUT2D eigenvalue weighted by molar-refractivity contribution is -0.138. The Kier molecular flexibility index (Phi) is 5.04. The van der Waals surface area contributed by atoms with Gasteiger partial charge in [-0.05, 0) is 61.6 Å². The molecule has 7 heteroatoms. The summed E-state index contributed by atoms with van der Waals surface area (Å²) in [6.45, 7) is 2.25. The van der Waals surface area contributed by atoms with E-state index in [1.54, 1.807) is 0 Å². The first-order valence-corrected chi connectivity index (χ1v) is 10.4. The molecule has 0 saturated heterocycles. The molecule has 0 amide bonds. The third-order valence-electron chi connectivity index (χ3n) is 5.72. The molecule has 2 fully saturated rings. The number of nitrogens with zero attached hydrogens (tertiary/aromatic N) is 2. The van der Waals surface area contributed by atoms with Crippen LogP contribution >= 0.6 is 0 Å². The number of carboxylic acids is 1. The van der Waals surface area contributed by atoms with Gasteiger partial charge in [0.1, 0.15) is 23.6 Å². The largest absolute Gasteiger partial charge is 0.492 e. The fourth-order valence-electron chi connectivity index (χ4n) is 3.80. The molecule has 0 radical (unpaired) electrons. The zero-order chi connectivity index (χ0) is 20.5. The maximum Gasteiger partial charge on any atom is 0.400 e. The van der Waals surface area contributed by atoms with Crippen LogP contribution in [-0.2, 0) is 4.79 Å². The predicted octanol–water partition coefficient (Wildman–Crippen LogP) is 4.18. The molecule has 0 aliphatic heterocycles. The highest BCUT2D eigenvalue weighted by Crippen LogP contribution is 2.41. The highest BCUT2D eigenvalue weighted by Gasteiger charge is 2.45. The van der Waals surface area contributed by atoms with Gasteiger partial charge < -0.3 is 19.0 Å². The summed E-state index contributed by atoms with van der Waals surface area (Å²) in [4.78, 5) is 17.8. The molecule has 7 nitrogen and oxygen atoms in total. The predicted molar refractivity (Wildman–Crippen MR) is 110 cm³/mol. The number of ether oxygens (including phenoxy) is 2. The van der Waals surface area contributed by atoms with Crippen LogP contribution in [0, 0.1) is 11.8 Å². The molecule has 1 heterocycles. The molecule has 2 atom stereocenters. The molecule has 2 aliphatic carbocycles. The summed E-state index contributed by atoms with van der Waals surface area (Å²) in [5, 5.41) is 9.10. The molecule has 30 heavy (non-hydrogen) atoms. The Labute approximate surface area is 174 Å². The topological polar surface area (TPSA) is 85.0 Å². The highest BCUT2D eigenvalue weighted by molar-refractivity contribution is 5.73. The number of hydrogen-bond acceptors (Lipinski definition) is 6. The van der Waals surface area contributed by atoms with E-state index >= 15 is 0 Å². The van der Waals surface area contributed by atoms with Crippen molar-refractivity contribution in [2.75, 3.05) is 19.7 Å². The quantitative estimate of drug-likeness (QED) is 0.538. The maximum atomic E-state index is 11.1. The maximum absolute atomic E-state index is 11.1. The lowest BCUT2D eigenvalue weighted by Crippen LogP contribution is -2.33. The number of oxazole rings is 1. The van der Waals surface area contributed by atoms with Gasteiger partial charge in [-0.2, -0.15) is 4.98 Å². The Morgan fingerprint density at radius 3 is 2.60 bits per heavy atom. The molecule has 2 aromatic carbocycles. The van der Waals surface area contributed by atoms with Crippen molar-refractivity contribution in [1.29, 1.82) is 0 Å². The first-order valence-electron chi connectivity index (χ1n) is 10.4. The van der Waals surface area contributed by atoms with Crippen LogP contribution in [0.25, 0.3) is 11.1 Å². The Hall–Kier alpha value is -3.06. The molecule has 5 rings (SSSR count). The van der Waals surface area contributed by atoms with Crippen molar-refractivity contribution in [2.24, 2.45) is 11.8 Å². The number of carboxylic acid groups (broad SMARTS) is 1. The Morgan fingerprint density at radius 1 is 1.13 bits per heavy atom. The average Bonchev–Trinajstić information content (AvgIpc) is 3.65. The molecule has 2 saturated carbocycles. The van der Waals surface area contributed by atoms with Gasteiger partial charge in [-0.25, -0.2) is 0 Å². The summed E-state index contributed by atoms with van der Waals surface area (Å²) in [6, 6.07) is 15.5. The summed E-state index contributed by atoms with van der Waals surface area (Å²) in [5.41, 5.74) is 1.45. The fraction of sp³-hybridized carbons (Fsp3) is 0.391. The van der Waals surface area contributed by atoms with Crippen molar-refractivity contribution in [3.05, 3.63) is 48.5 Å². The lowest BCUT2D eigenvalue weighted by atomic mass is 10.3. The van der Waals surface area contributed by atoms with Gasteiger partial charge in [0.2, 0.25) is 0 Å². The molecule has 3 aromatic rings. The van der Waals surface area contributed by atoms with Crippen molar-refractivity contribution in [3.63, 3.8) is 0 Å². The fourth-order valence-corrected chi connectivity index (χ4v) is 3.80. The van der Waals surface area contributed by atoms with Gasteiger partial charge in [-0.1, -0.05) is 12.1 Å². The van der Waals surface area contributed by atoms with Crippen LogP contribution in [0.5, 0.6) is 17.6 Å². The molecule has 0 bridgehead atoms. The molecule has 2 aliphatic rings. The van der Waals surface area contributed by atoms with Gasteiger partial charge in [0.25, 0.3) is 0 Å². The number of rotatable bonds is 10. The van der Waals surface area contributed by atoms with Crippen LogP contribution in [-0.4, -0.2) is 46.7 Å². The number of hydrogen-bond donors (Lipinski definition) is 1. The third-order valence-corrected chi connectivity index (χ3v) is 5.72. The van der Waals surface area contributed by atoms with E-state index in [0.717, 1.165) is 30.8 Å². The minimum absolute atomic E-state index is 0.152. The summed E-state index contributed by atoms with van der Waals surface area (Å²) in [7, 11) is 0. The van der Waals surface area contributed by atoms with E-state index in [4.69, 9.17) is 19.0 Å². The molecular formula is C23H24N2O5. The van der Waals surface area contributed by atoms with Gasteiger partial charge in [0, 0.05) is 19.1 Å². The third kappa shape index (κ3) is 4.41. The molecule has 156 valence electrons. The number of benzene rings is 2. The van der Waals surface area contributed by atoms with Gasteiger partial charge in [0.15, 0.2) is 5.58 Å². The van der Waals surface area contributed by atoms with E-state index in [9.17, 15) is 4.79 Å². The zero-order valence-corrected chi connectivity index (χ0v) is 16.6.